The van der Waals surface area contributed by atoms with E-state index in [1.54, 1.807) is 4.90 Å². The predicted octanol–water partition coefficient (Wildman–Crippen LogP) is 2.33. The molecule has 1 aromatic heterocycles. The molecule has 1 fully saturated rings. The molecule has 1 amide bonds. The molecular formula is C16H19F2N5O2. The molecule has 0 saturated heterocycles. The van der Waals surface area contributed by atoms with Crippen molar-refractivity contribution in [3.05, 3.63) is 40.3 Å². The zero-order chi connectivity index (χ0) is 18.0. The van der Waals surface area contributed by atoms with Crippen LogP contribution < -0.4 is 5.69 Å². The van der Waals surface area contributed by atoms with Gasteiger partial charge in [-0.15, -0.1) is 4.68 Å². The van der Waals surface area contributed by atoms with Crippen LogP contribution in [-0.4, -0.2) is 43.3 Å². The highest BCUT2D eigenvalue weighted by Crippen LogP contribution is 2.22. The number of carbonyl (C=O) groups excluding carboxylic acids is 1. The van der Waals surface area contributed by atoms with Crippen molar-refractivity contribution in [2.75, 3.05) is 6.54 Å². The Morgan fingerprint density at radius 2 is 1.96 bits per heavy atom. The van der Waals surface area contributed by atoms with Gasteiger partial charge in [0.15, 0.2) is 0 Å². The molecule has 3 rings (SSSR count). The molecule has 2 aromatic rings. The minimum absolute atomic E-state index is 0.0502. The van der Waals surface area contributed by atoms with Gasteiger partial charge in [-0.2, -0.15) is 4.68 Å². The van der Waals surface area contributed by atoms with Crippen LogP contribution in [0.5, 0.6) is 0 Å². The van der Waals surface area contributed by atoms with E-state index in [1.807, 2.05) is 6.92 Å². The summed E-state index contributed by atoms with van der Waals surface area (Å²) in [6, 6.07) is 2.11. The Bertz CT molecular complexity index is 826. The minimum Gasteiger partial charge on any atom is -0.320 e. The first-order valence-corrected chi connectivity index (χ1v) is 8.34. The Morgan fingerprint density at radius 1 is 1.24 bits per heavy atom. The van der Waals surface area contributed by atoms with E-state index >= 15 is 0 Å². The minimum atomic E-state index is -0.927. The van der Waals surface area contributed by atoms with E-state index in [-0.39, 0.29) is 11.7 Å². The fourth-order valence-electron chi connectivity index (χ4n) is 3.23. The number of tetrazole rings is 1. The molecule has 9 heteroatoms. The van der Waals surface area contributed by atoms with Crippen LogP contribution in [0, 0.1) is 11.6 Å². The van der Waals surface area contributed by atoms with Gasteiger partial charge in [0, 0.05) is 18.7 Å². The molecule has 25 heavy (non-hydrogen) atoms. The SMILES string of the molecule is CCN(C(=O)n1nnn(-c2cc(F)ccc2F)c1=O)C1CCCCC1. The topological polar surface area (TPSA) is 73.0 Å². The van der Waals surface area contributed by atoms with Crippen molar-refractivity contribution in [3.63, 3.8) is 0 Å². The van der Waals surface area contributed by atoms with Gasteiger partial charge in [0.25, 0.3) is 0 Å². The third-order valence-corrected chi connectivity index (χ3v) is 4.50. The van der Waals surface area contributed by atoms with Crippen LogP contribution in [0.3, 0.4) is 0 Å². The molecule has 0 bridgehead atoms. The van der Waals surface area contributed by atoms with E-state index in [9.17, 15) is 18.4 Å². The van der Waals surface area contributed by atoms with E-state index in [1.165, 1.54) is 0 Å². The van der Waals surface area contributed by atoms with Crippen molar-refractivity contribution in [2.45, 2.75) is 45.1 Å². The summed E-state index contributed by atoms with van der Waals surface area (Å²) in [5.74, 6) is -1.55. The van der Waals surface area contributed by atoms with Gasteiger partial charge in [-0.05, 0) is 42.3 Å². The third kappa shape index (κ3) is 3.31. The summed E-state index contributed by atoms with van der Waals surface area (Å²) < 4.78 is 28.4. The van der Waals surface area contributed by atoms with E-state index in [4.69, 9.17) is 0 Å². The second-order valence-electron chi connectivity index (χ2n) is 6.04. The van der Waals surface area contributed by atoms with Gasteiger partial charge < -0.3 is 4.90 Å². The van der Waals surface area contributed by atoms with E-state index < -0.39 is 23.4 Å². The molecule has 0 aliphatic heterocycles. The van der Waals surface area contributed by atoms with Crippen LogP contribution in [0.4, 0.5) is 13.6 Å². The molecular weight excluding hydrogens is 332 g/mol. The Morgan fingerprint density at radius 3 is 2.64 bits per heavy atom. The first-order valence-electron chi connectivity index (χ1n) is 8.34. The second-order valence-corrected chi connectivity index (χ2v) is 6.04. The lowest BCUT2D eigenvalue weighted by molar-refractivity contribution is 0.157. The number of hydrogen-bond acceptors (Lipinski definition) is 4. The number of halogens is 2. The fourth-order valence-corrected chi connectivity index (χ4v) is 3.23. The molecule has 1 heterocycles. The fraction of sp³-hybridized carbons (Fsp3) is 0.500. The Kier molecular flexibility index (Phi) is 4.91. The first kappa shape index (κ1) is 17.2. The highest BCUT2D eigenvalue weighted by atomic mass is 19.1. The number of benzene rings is 1. The smallest absolute Gasteiger partial charge is 0.320 e. The Hall–Kier alpha value is -2.58. The van der Waals surface area contributed by atoms with Crippen LogP contribution in [0.15, 0.2) is 23.0 Å². The molecule has 0 spiro atoms. The summed E-state index contributed by atoms with van der Waals surface area (Å²) in [5, 5.41) is 7.10. The standard InChI is InChI=1S/C16H19F2N5O2/c1-2-21(12-6-4-3-5-7-12)15(24)23-16(25)22(19-20-23)14-10-11(17)8-9-13(14)18/h8-10,12H,2-7H2,1H3. The molecule has 0 N–H and O–H groups in total. The molecule has 134 valence electrons. The average molecular weight is 351 g/mol. The molecule has 0 radical (unpaired) electrons. The average Bonchev–Trinajstić information content (AvgIpc) is 3.00. The first-order chi connectivity index (χ1) is 12.0. The molecule has 7 nitrogen and oxygen atoms in total. The second kappa shape index (κ2) is 7.12. The maximum atomic E-state index is 13.9. The summed E-state index contributed by atoms with van der Waals surface area (Å²) in [6.45, 7) is 2.26. The highest BCUT2D eigenvalue weighted by Gasteiger charge is 2.28. The molecule has 1 saturated carbocycles. The van der Waals surface area contributed by atoms with Crippen molar-refractivity contribution >= 4 is 6.03 Å². The zero-order valence-electron chi connectivity index (χ0n) is 13.9. The molecule has 1 aliphatic rings. The third-order valence-electron chi connectivity index (χ3n) is 4.50. The van der Waals surface area contributed by atoms with Crippen molar-refractivity contribution in [1.82, 2.24) is 24.7 Å². The van der Waals surface area contributed by atoms with Gasteiger partial charge in [0.05, 0.1) is 0 Å². The largest absolute Gasteiger partial charge is 0.377 e. The van der Waals surface area contributed by atoms with Crippen LogP contribution in [0.25, 0.3) is 5.69 Å². The normalized spacial score (nSPS) is 15.3. The number of rotatable bonds is 3. The van der Waals surface area contributed by atoms with Crippen LogP contribution >= 0.6 is 0 Å². The Labute approximate surface area is 142 Å². The maximum absolute atomic E-state index is 13.9. The van der Waals surface area contributed by atoms with E-state index in [0.717, 1.165) is 50.3 Å². The van der Waals surface area contributed by atoms with Crippen LogP contribution in [0.2, 0.25) is 0 Å². The zero-order valence-corrected chi connectivity index (χ0v) is 13.9. The van der Waals surface area contributed by atoms with E-state index in [0.29, 0.717) is 15.9 Å². The van der Waals surface area contributed by atoms with Crippen molar-refractivity contribution < 1.29 is 13.6 Å². The van der Waals surface area contributed by atoms with Gasteiger partial charge in [-0.1, -0.05) is 19.3 Å². The number of aromatic nitrogens is 4. The molecule has 0 unspecified atom stereocenters. The molecule has 1 aliphatic carbocycles. The monoisotopic (exact) mass is 351 g/mol. The maximum Gasteiger partial charge on any atom is 0.377 e. The summed E-state index contributed by atoms with van der Waals surface area (Å²) in [5.41, 5.74) is -1.31. The number of nitrogens with zero attached hydrogens (tertiary/aromatic N) is 5. The van der Waals surface area contributed by atoms with Gasteiger partial charge in [-0.3, -0.25) is 0 Å². The van der Waals surface area contributed by atoms with Crippen LogP contribution in [-0.2, 0) is 0 Å². The molecule has 1 aromatic carbocycles. The van der Waals surface area contributed by atoms with Gasteiger partial charge in [0.2, 0.25) is 0 Å². The quantitative estimate of drug-likeness (QED) is 0.796. The summed E-state index contributed by atoms with van der Waals surface area (Å²) >= 11 is 0. The summed E-state index contributed by atoms with van der Waals surface area (Å²) in [7, 11) is 0. The lowest BCUT2D eigenvalue weighted by atomic mass is 9.94. The van der Waals surface area contributed by atoms with Crippen molar-refractivity contribution in [1.29, 1.82) is 0 Å². The number of carbonyl (C=O) groups is 1. The van der Waals surface area contributed by atoms with E-state index in [2.05, 4.69) is 10.4 Å². The number of amides is 1. The van der Waals surface area contributed by atoms with Crippen molar-refractivity contribution in [2.24, 2.45) is 0 Å². The summed E-state index contributed by atoms with van der Waals surface area (Å²) in [6.07, 6.45) is 4.95. The van der Waals surface area contributed by atoms with Gasteiger partial charge in [-0.25, -0.2) is 18.4 Å². The predicted molar refractivity (Wildman–Crippen MR) is 85.6 cm³/mol. The lowest BCUT2D eigenvalue weighted by Crippen LogP contribution is -2.47. The van der Waals surface area contributed by atoms with Gasteiger partial charge >= 0.3 is 11.7 Å². The lowest BCUT2D eigenvalue weighted by Gasteiger charge is -2.32. The number of hydrogen-bond donors (Lipinski definition) is 0. The van der Waals surface area contributed by atoms with Crippen LogP contribution in [0.1, 0.15) is 39.0 Å². The Balaban J connectivity index is 1.93. The molecule has 0 atom stereocenters. The summed E-state index contributed by atoms with van der Waals surface area (Å²) in [4.78, 5) is 26.7. The van der Waals surface area contributed by atoms with Gasteiger partial charge in [0.1, 0.15) is 17.3 Å². The highest BCUT2D eigenvalue weighted by molar-refractivity contribution is 5.75. The van der Waals surface area contributed by atoms with Crippen molar-refractivity contribution in [3.8, 4) is 5.69 Å².